The highest BCUT2D eigenvalue weighted by atomic mass is 19.1. The number of para-hydroxylation sites is 3. The zero-order valence-electron chi connectivity index (χ0n) is 18.4. The van der Waals surface area contributed by atoms with Crippen molar-refractivity contribution in [1.82, 2.24) is 0 Å². The van der Waals surface area contributed by atoms with E-state index in [-0.39, 0.29) is 12.3 Å². The predicted molar refractivity (Wildman–Crippen MR) is 122 cm³/mol. The third-order valence-corrected chi connectivity index (χ3v) is 7.87. The van der Waals surface area contributed by atoms with Crippen LogP contribution >= 0.6 is 0 Å². The molecule has 0 saturated carbocycles. The second-order valence-corrected chi connectivity index (χ2v) is 9.04. The lowest BCUT2D eigenvalue weighted by atomic mass is 9.39. The molecule has 0 aliphatic carbocycles. The molecule has 2 aliphatic rings. The van der Waals surface area contributed by atoms with Crippen molar-refractivity contribution in [3.63, 3.8) is 0 Å². The smallest absolute Gasteiger partial charge is 0.340 e. The molecule has 2 aromatic carbocycles. The molecule has 0 radical (unpaired) electrons. The van der Waals surface area contributed by atoms with Gasteiger partial charge in [0.15, 0.2) is 5.82 Å². The van der Waals surface area contributed by atoms with Gasteiger partial charge in [-0.05, 0) is 44.0 Å². The molecule has 2 unspecified atom stereocenters. The Morgan fingerprint density at radius 2 is 1.48 bits per heavy atom. The van der Waals surface area contributed by atoms with Crippen LogP contribution in [-0.2, 0) is 5.54 Å². The van der Waals surface area contributed by atoms with E-state index in [0.717, 1.165) is 36.0 Å². The largest absolute Gasteiger partial charge is 0.517 e. The normalized spacial score (nSPS) is 24.1. The Bertz CT molecular complexity index is 1150. The van der Waals surface area contributed by atoms with Gasteiger partial charge in [0, 0.05) is 11.8 Å². The maximum absolute atomic E-state index is 15.5. The molecule has 3 aromatic rings. The van der Waals surface area contributed by atoms with E-state index in [4.69, 9.17) is 0 Å². The van der Waals surface area contributed by atoms with Gasteiger partial charge in [-0.3, -0.25) is 4.81 Å². The Kier molecular flexibility index (Phi) is 4.40. The summed E-state index contributed by atoms with van der Waals surface area (Å²) < 4.78 is 31.8. The minimum absolute atomic E-state index is 0.151. The van der Waals surface area contributed by atoms with Gasteiger partial charge in [0.25, 0.3) is 0 Å². The summed E-state index contributed by atoms with van der Waals surface area (Å²) in [5.41, 5.74) is 2.55. The molecule has 0 N–H and O–H groups in total. The number of hydrogen-bond acceptors (Lipinski definition) is 2. The summed E-state index contributed by atoms with van der Waals surface area (Å²) in [6.07, 6.45) is 3.07. The lowest BCUT2D eigenvalue weighted by molar-refractivity contribution is -0.760. The van der Waals surface area contributed by atoms with Gasteiger partial charge in [-0.15, -0.1) is 0 Å². The third-order valence-electron chi connectivity index (χ3n) is 7.87. The Morgan fingerprint density at radius 3 is 2.10 bits per heavy atom. The van der Waals surface area contributed by atoms with Crippen LogP contribution in [0.25, 0.3) is 0 Å². The number of halogens is 2. The summed E-state index contributed by atoms with van der Waals surface area (Å²) in [6.45, 7) is 8.54. The molecule has 31 heavy (non-hydrogen) atoms. The van der Waals surface area contributed by atoms with Crippen LogP contribution in [0.15, 0.2) is 66.9 Å². The predicted octanol–water partition coefficient (Wildman–Crippen LogP) is 6.34. The van der Waals surface area contributed by atoms with Crippen LogP contribution in [0.4, 0.5) is 31.7 Å². The molecule has 1 aromatic heterocycles. The second-order valence-electron chi connectivity index (χ2n) is 9.04. The standard InChI is InChI=1S/C25H27BF2N3/c1-5-24(3)25(4,6-2)29-17-18(27)16-20(28)23(29)31-22-15-11-10-14-21(22)30(26(24)31)19-12-8-7-9-13-19/h7-17H,5-6H2,1-4H3/q+1. The molecule has 3 heterocycles. The average molecular weight is 418 g/mol. The Balaban J connectivity index is 1.90. The van der Waals surface area contributed by atoms with Gasteiger partial charge in [-0.25, -0.2) is 8.96 Å². The first kappa shape index (κ1) is 20.0. The summed E-state index contributed by atoms with van der Waals surface area (Å²) in [5.74, 6) is -0.662. The van der Waals surface area contributed by atoms with Crippen LogP contribution in [0.1, 0.15) is 40.5 Å². The number of anilines is 4. The van der Waals surface area contributed by atoms with Crippen LogP contribution < -0.4 is 14.2 Å². The Labute approximate surface area is 183 Å². The first-order chi connectivity index (χ1) is 14.9. The molecule has 0 fully saturated rings. The number of hydrogen-bond donors (Lipinski definition) is 0. The Morgan fingerprint density at radius 1 is 0.871 bits per heavy atom. The highest BCUT2D eigenvalue weighted by Gasteiger charge is 2.71. The number of pyridine rings is 1. The highest BCUT2D eigenvalue weighted by molar-refractivity contribution is 6.76. The lowest BCUT2D eigenvalue weighted by Crippen LogP contribution is -2.74. The fraction of sp³-hybridized carbons (Fsp3) is 0.320. The van der Waals surface area contributed by atoms with Crippen LogP contribution in [0.5, 0.6) is 0 Å². The van der Waals surface area contributed by atoms with Gasteiger partial charge in [0.2, 0.25) is 5.82 Å². The molecule has 5 rings (SSSR count). The van der Waals surface area contributed by atoms with Crippen molar-refractivity contribution in [1.29, 1.82) is 0 Å². The van der Waals surface area contributed by atoms with Crippen molar-refractivity contribution < 1.29 is 13.3 Å². The molecular formula is C25H27BF2N3+. The van der Waals surface area contributed by atoms with Crippen molar-refractivity contribution in [2.45, 2.75) is 51.4 Å². The molecule has 0 saturated heterocycles. The van der Waals surface area contributed by atoms with E-state index >= 15 is 4.39 Å². The molecule has 6 heteroatoms. The van der Waals surface area contributed by atoms with Crippen molar-refractivity contribution in [2.24, 2.45) is 0 Å². The maximum Gasteiger partial charge on any atom is 0.517 e. The number of nitrogens with zero attached hydrogens (tertiary/aromatic N) is 3. The average Bonchev–Trinajstić information content (AvgIpc) is 3.13. The molecule has 3 nitrogen and oxygen atoms in total. The maximum atomic E-state index is 15.5. The lowest BCUT2D eigenvalue weighted by Gasteiger charge is -2.51. The molecule has 2 aliphatic heterocycles. The molecule has 158 valence electrons. The zero-order chi connectivity index (χ0) is 22.0. The van der Waals surface area contributed by atoms with E-state index in [1.54, 1.807) is 0 Å². The van der Waals surface area contributed by atoms with Gasteiger partial charge < -0.3 is 4.81 Å². The molecular weight excluding hydrogens is 391 g/mol. The van der Waals surface area contributed by atoms with Crippen LogP contribution in [0.3, 0.4) is 0 Å². The Hall–Kier alpha value is -2.89. The SMILES string of the molecule is CCC1(C)B2N(c3ccccc3)c3ccccc3N2c2c(F)cc(F)c[n+]2C1(C)CC. The van der Waals surface area contributed by atoms with Crippen LogP contribution in [0.2, 0.25) is 5.31 Å². The van der Waals surface area contributed by atoms with Gasteiger partial charge in [-0.1, -0.05) is 51.1 Å². The van der Waals surface area contributed by atoms with Gasteiger partial charge in [0.1, 0.15) is 17.4 Å². The molecule has 0 bridgehead atoms. The van der Waals surface area contributed by atoms with E-state index in [0.29, 0.717) is 5.82 Å². The van der Waals surface area contributed by atoms with Crippen molar-refractivity contribution >= 4 is 29.9 Å². The van der Waals surface area contributed by atoms with Gasteiger partial charge >= 0.3 is 12.8 Å². The van der Waals surface area contributed by atoms with Crippen molar-refractivity contribution in [3.8, 4) is 0 Å². The molecule has 2 atom stereocenters. The summed E-state index contributed by atoms with van der Waals surface area (Å²) in [4.78, 5) is 4.41. The molecule has 0 spiro atoms. The summed E-state index contributed by atoms with van der Waals surface area (Å²) in [5, 5.41) is -0.311. The molecule has 0 amide bonds. The topological polar surface area (TPSA) is 10.4 Å². The number of aromatic nitrogens is 1. The monoisotopic (exact) mass is 418 g/mol. The fourth-order valence-electron chi connectivity index (χ4n) is 5.74. The van der Waals surface area contributed by atoms with Gasteiger partial charge in [-0.2, -0.15) is 4.39 Å². The highest BCUT2D eigenvalue weighted by Crippen LogP contribution is 2.61. The van der Waals surface area contributed by atoms with Crippen LogP contribution in [-0.4, -0.2) is 6.98 Å². The van der Waals surface area contributed by atoms with Crippen molar-refractivity contribution in [3.05, 3.63) is 78.5 Å². The summed E-state index contributed by atoms with van der Waals surface area (Å²) in [6, 6.07) is 19.4. The first-order valence-electron chi connectivity index (χ1n) is 11.0. The second kappa shape index (κ2) is 6.81. The summed E-state index contributed by atoms with van der Waals surface area (Å²) >= 11 is 0. The van der Waals surface area contributed by atoms with E-state index < -0.39 is 17.2 Å². The van der Waals surface area contributed by atoms with E-state index in [9.17, 15) is 4.39 Å². The number of benzene rings is 2. The van der Waals surface area contributed by atoms with E-state index in [2.05, 4.69) is 55.5 Å². The van der Waals surface area contributed by atoms with E-state index in [1.807, 2.05) is 41.0 Å². The number of rotatable bonds is 3. The number of fused-ring (bicyclic) bond motifs is 5. The van der Waals surface area contributed by atoms with E-state index in [1.165, 1.54) is 6.20 Å². The summed E-state index contributed by atoms with van der Waals surface area (Å²) in [7, 11) is 0. The fourth-order valence-corrected chi connectivity index (χ4v) is 5.74. The first-order valence-corrected chi connectivity index (χ1v) is 11.0. The quantitative estimate of drug-likeness (QED) is 0.363. The van der Waals surface area contributed by atoms with Crippen LogP contribution in [0, 0.1) is 11.6 Å². The zero-order valence-corrected chi connectivity index (χ0v) is 18.4. The van der Waals surface area contributed by atoms with Crippen molar-refractivity contribution in [2.75, 3.05) is 9.62 Å². The minimum atomic E-state index is -0.551. The van der Waals surface area contributed by atoms with Gasteiger partial charge in [0.05, 0.1) is 11.0 Å². The minimum Gasteiger partial charge on any atom is -0.340 e. The third kappa shape index (κ3) is 2.48.